The fourth-order valence-electron chi connectivity index (χ4n) is 4.55. The van der Waals surface area contributed by atoms with E-state index in [1.54, 1.807) is 17.2 Å². The number of rotatable bonds is 6. The van der Waals surface area contributed by atoms with Crippen LogP contribution in [0.2, 0.25) is 0 Å². The lowest BCUT2D eigenvalue weighted by Crippen LogP contribution is -2.42. The normalized spacial score (nSPS) is 16.7. The van der Waals surface area contributed by atoms with E-state index in [1.165, 1.54) is 11.1 Å². The molecule has 0 radical (unpaired) electrons. The van der Waals surface area contributed by atoms with Crippen molar-refractivity contribution >= 4 is 24.5 Å². The van der Waals surface area contributed by atoms with Crippen LogP contribution in [0.5, 0.6) is 0 Å². The van der Waals surface area contributed by atoms with Gasteiger partial charge in [0.2, 0.25) is 5.43 Å². The number of fused-ring (bicyclic) bond motifs is 1. The predicted octanol–water partition coefficient (Wildman–Crippen LogP) is 2.79. The molecule has 7 nitrogen and oxygen atoms in total. The monoisotopic (exact) mass is 434 g/mol. The Balaban J connectivity index is 1.65. The summed E-state index contributed by atoms with van der Waals surface area (Å²) in [7, 11) is 0. The van der Waals surface area contributed by atoms with Gasteiger partial charge >= 0.3 is 0 Å². The molecule has 1 aromatic heterocycles. The van der Waals surface area contributed by atoms with E-state index in [-0.39, 0.29) is 22.9 Å². The molecule has 0 bridgehead atoms. The summed E-state index contributed by atoms with van der Waals surface area (Å²) in [4.78, 5) is 32.3. The number of hydrogen-bond acceptors (Lipinski definition) is 5. The van der Waals surface area contributed by atoms with Crippen molar-refractivity contribution in [1.29, 1.82) is 0 Å². The lowest BCUT2D eigenvalue weighted by Gasteiger charge is -2.27. The summed E-state index contributed by atoms with van der Waals surface area (Å²) in [6.45, 7) is 10.1. The minimum Gasteiger partial charge on any atom is -0.385 e. The number of hydrogen-bond donors (Lipinski definition) is 1. The molecule has 7 heteroatoms. The second-order valence-electron chi connectivity index (χ2n) is 8.30. The summed E-state index contributed by atoms with van der Waals surface area (Å²) < 4.78 is 7.15. The van der Waals surface area contributed by atoms with Gasteiger partial charge in [0.05, 0.1) is 18.8 Å². The van der Waals surface area contributed by atoms with Crippen molar-refractivity contribution in [3.63, 3.8) is 0 Å². The van der Waals surface area contributed by atoms with E-state index in [4.69, 9.17) is 4.74 Å². The molecule has 1 aliphatic heterocycles. The molecule has 0 saturated carbocycles. The van der Waals surface area contributed by atoms with E-state index in [1.807, 2.05) is 18.4 Å². The molecule has 1 aliphatic carbocycles. The molecule has 1 N–H and O–H groups in total. The molecule has 1 fully saturated rings. The molecule has 4 rings (SSSR count). The summed E-state index contributed by atoms with van der Waals surface area (Å²) in [5.74, 6) is 0.217. The van der Waals surface area contributed by atoms with Gasteiger partial charge in [-0.2, -0.15) is 0 Å². The summed E-state index contributed by atoms with van der Waals surface area (Å²) >= 11 is 0. The number of ether oxygens (including phenoxy) is 1. The van der Waals surface area contributed by atoms with Gasteiger partial charge in [0.1, 0.15) is 11.4 Å². The van der Waals surface area contributed by atoms with E-state index >= 15 is 0 Å². The van der Waals surface area contributed by atoms with Gasteiger partial charge in [-0.3, -0.25) is 9.59 Å². The Morgan fingerprint density at radius 1 is 1.25 bits per heavy atom. The Morgan fingerprint density at radius 3 is 2.50 bits per heavy atom. The number of aromatic nitrogens is 1. The number of allylic oxidation sites excluding steroid dienone is 1. The molecule has 0 spiro atoms. The molecule has 0 atom stereocenters. The van der Waals surface area contributed by atoms with Gasteiger partial charge in [0.25, 0.3) is 5.91 Å². The van der Waals surface area contributed by atoms with Crippen LogP contribution in [0.3, 0.4) is 0 Å². The first kappa shape index (κ1) is 22.0. The number of amides is 1. The fourth-order valence-corrected chi connectivity index (χ4v) is 4.55. The largest absolute Gasteiger partial charge is 0.385 e. The van der Waals surface area contributed by atoms with Crippen molar-refractivity contribution in [2.24, 2.45) is 4.99 Å². The van der Waals surface area contributed by atoms with Crippen LogP contribution in [-0.4, -0.2) is 54.4 Å². The smallest absolute Gasteiger partial charge is 0.259 e. The third-order valence-electron chi connectivity index (χ3n) is 6.15. The molecular weight excluding hydrogens is 404 g/mol. The predicted molar refractivity (Wildman–Crippen MR) is 127 cm³/mol. The highest BCUT2D eigenvalue weighted by atomic mass is 16.5. The van der Waals surface area contributed by atoms with E-state index < -0.39 is 0 Å². The van der Waals surface area contributed by atoms with Crippen molar-refractivity contribution < 1.29 is 9.53 Å². The Hall–Kier alpha value is -3.19. The molecular formula is C25H30N4O3. The summed E-state index contributed by atoms with van der Waals surface area (Å²) in [6, 6.07) is 8.73. The average Bonchev–Trinajstić information content (AvgIpc) is 3.22. The fraction of sp³-hybridized carbons (Fsp3) is 0.400. The van der Waals surface area contributed by atoms with Gasteiger partial charge in [-0.05, 0) is 50.6 Å². The van der Waals surface area contributed by atoms with Crippen molar-refractivity contribution in [1.82, 2.24) is 14.8 Å². The third-order valence-corrected chi connectivity index (χ3v) is 6.15. The lowest BCUT2D eigenvalue weighted by atomic mass is 10.1. The molecule has 2 aliphatic rings. The van der Waals surface area contributed by atoms with Crippen LogP contribution in [0.4, 0.5) is 5.82 Å². The lowest BCUT2D eigenvalue weighted by molar-refractivity contribution is 0.0301. The Bertz CT molecular complexity index is 1090. The maximum atomic E-state index is 13.4. The molecule has 168 valence electrons. The van der Waals surface area contributed by atoms with Crippen LogP contribution in [0.1, 0.15) is 40.9 Å². The van der Waals surface area contributed by atoms with Crippen LogP contribution < -0.4 is 10.7 Å². The van der Waals surface area contributed by atoms with Gasteiger partial charge < -0.3 is 19.5 Å². The number of nitrogens with zero attached hydrogens (tertiary/aromatic N) is 3. The number of pyridine rings is 1. The van der Waals surface area contributed by atoms with Crippen LogP contribution >= 0.6 is 0 Å². The van der Waals surface area contributed by atoms with E-state index in [2.05, 4.69) is 41.3 Å². The highest BCUT2D eigenvalue weighted by Gasteiger charge is 2.25. The van der Waals surface area contributed by atoms with Crippen molar-refractivity contribution in [3.05, 3.63) is 68.6 Å². The van der Waals surface area contributed by atoms with Crippen molar-refractivity contribution in [2.45, 2.75) is 39.3 Å². The maximum Gasteiger partial charge on any atom is 0.259 e. The first-order chi connectivity index (χ1) is 15.5. The first-order valence-electron chi connectivity index (χ1n) is 11.1. The Labute approximate surface area is 188 Å². The second-order valence-corrected chi connectivity index (χ2v) is 8.30. The Morgan fingerprint density at radius 2 is 1.91 bits per heavy atom. The molecule has 2 heterocycles. The topological polar surface area (TPSA) is 75.9 Å². The standard InChI is InChI=1S/C25H30N4O3/c1-4-28-16-22(25(31)29-9-11-32-12-10-29)23(30)21(24(28)26-3)13-17(2)27-20-14-18-7-5-6-8-19(18)15-20/h5-8,13,16,20,27H,3-4,9-12,14-15H2,1-2H3/b17-13+. The zero-order chi connectivity index (χ0) is 22.7. The summed E-state index contributed by atoms with van der Waals surface area (Å²) in [5, 5.41) is 3.54. The first-order valence-corrected chi connectivity index (χ1v) is 11.1. The number of carbonyl (C=O) groups excluding carboxylic acids is 1. The summed E-state index contributed by atoms with van der Waals surface area (Å²) in [5.41, 5.74) is 3.82. The molecule has 2 aromatic rings. The highest BCUT2D eigenvalue weighted by Crippen LogP contribution is 2.24. The van der Waals surface area contributed by atoms with Crippen LogP contribution in [-0.2, 0) is 24.1 Å². The molecule has 1 aromatic carbocycles. The van der Waals surface area contributed by atoms with Gasteiger partial charge in [0.15, 0.2) is 0 Å². The Kier molecular flexibility index (Phi) is 6.55. The highest BCUT2D eigenvalue weighted by molar-refractivity contribution is 5.95. The van der Waals surface area contributed by atoms with Crippen LogP contribution in [0.25, 0.3) is 6.08 Å². The van der Waals surface area contributed by atoms with E-state index in [9.17, 15) is 9.59 Å². The zero-order valence-electron chi connectivity index (χ0n) is 18.8. The number of aryl methyl sites for hydroxylation is 1. The molecule has 1 amide bonds. The van der Waals surface area contributed by atoms with Crippen molar-refractivity contribution in [2.75, 3.05) is 26.3 Å². The van der Waals surface area contributed by atoms with Gasteiger partial charge in [-0.25, -0.2) is 4.99 Å². The third kappa shape index (κ3) is 4.39. The minimum absolute atomic E-state index is 0.161. The summed E-state index contributed by atoms with van der Waals surface area (Å²) in [6.07, 6.45) is 5.31. The van der Waals surface area contributed by atoms with Crippen LogP contribution in [0, 0.1) is 0 Å². The van der Waals surface area contributed by atoms with Gasteiger partial charge in [0, 0.05) is 37.6 Å². The number of carbonyl (C=O) groups is 1. The number of nitrogens with one attached hydrogen (secondary N) is 1. The zero-order valence-corrected chi connectivity index (χ0v) is 18.8. The SMILES string of the molecule is C=Nc1c(/C=C(\C)NC2Cc3ccccc3C2)c(=O)c(C(=O)N2CCOCC2)cn1CC. The maximum absolute atomic E-state index is 13.4. The van der Waals surface area contributed by atoms with E-state index in [0.29, 0.717) is 44.2 Å². The van der Waals surface area contributed by atoms with Gasteiger partial charge in [-0.15, -0.1) is 0 Å². The second kappa shape index (κ2) is 9.53. The molecule has 0 unspecified atom stereocenters. The molecule has 1 saturated heterocycles. The van der Waals surface area contributed by atoms with Crippen LogP contribution in [0.15, 0.2) is 45.9 Å². The number of aliphatic imine (C=N–C) groups is 1. The van der Waals surface area contributed by atoms with Gasteiger partial charge in [-0.1, -0.05) is 24.3 Å². The van der Waals surface area contributed by atoms with E-state index in [0.717, 1.165) is 18.5 Å². The average molecular weight is 435 g/mol. The minimum atomic E-state index is -0.315. The quantitative estimate of drug-likeness (QED) is 0.710. The molecule has 32 heavy (non-hydrogen) atoms. The number of morpholine rings is 1. The van der Waals surface area contributed by atoms with Crippen molar-refractivity contribution in [3.8, 4) is 0 Å². The number of benzene rings is 1.